The van der Waals surface area contributed by atoms with Crippen LogP contribution < -0.4 is 10.2 Å². The van der Waals surface area contributed by atoms with Crippen LogP contribution in [0.25, 0.3) is 22.3 Å². The monoisotopic (exact) mass is 721 g/mol. The molecule has 0 unspecified atom stereocenters. The normalized spacial score (nSPS) is 27.3. The standard InChI is InChI=1S/C42H55N7O4/c1-26(2)48-25-43-35-24-34(45-38(37(35)48)44-30-12-13-30)29-11-14-33-36(21-29)49(32-22-31(23-32)46-17-5-4-6-18-46)41(52)42(33)15-19-47(20-16-42)39(50)27-7-9-28(10-8-27)40(51)53-3/h11,14,21,24-28,30-32H,4-10,12-13,15-20,22-23H2,1-3H3,(H,44,45)/t27-,28-,31-,32+. The number of nitrogens with zero attached hydrogens (tertiary/aromatic N) is 6. The number of ether oxygens (including phenoxy) is 1. The van der Waals surface area contributed by atoms with Gasteiger partial charge in [-0.2, -0.15) is 0 Å². The Morgan fingerprint density at radius 1 is 0.906 bits per heavy atom. The van der Waals surface area contributed by atoms with Crippen molar-refractivity contribution in [1.82, 2.24) is 24.3 Å². The zero-order valence-corrected chi connectivity index (χ0v) is 31.7. The molecule has 3 aromatic rings. The SMILES string of the molecule is COC(=O)[C@H]1CC[C@H](C(=O)N2CCC3(CC2)C(=O)N([C@H]2C[C@@H](N4CCCCC4)C2)c2cc(-c4cc5ncn(C(C)C)c5c(NC5CC5)n4)ccc23)CC1. The van der Waals surface area contributed by atoms with Gasteiger partial charge in [-0.1, -0.05) is 18.6 Å². The van der Waals surface area contributed by atoms with Crippen molar-refractivity contribution in [3.05, 3.63) is 36.2 Å². The Balaban J connectivity index is 1.01. The minimum atomic E-state index is -0.629. The highest BCUT2D eigenvalue weighted by molar-refractivity contribution is 6.09. The van der Waals surface area contributed by atoms with E-state index in [1.165, 1.54) is 39.5 Å². The molecule has 1 aromatic carbocycles. The first kappa shape index (κ1) is 34.8. The van der Waals surface area contributed by atoms with Gasteiger partial charge in [0.15, 0.2) is 5.82 Å². The zero-order chi connectivity index (χ0) is 36.4. The second-order valence-electron chi connectivity index (χ2n) is 17.1. The van der Waals surface area contributed by atoms with Crippen molar-refractivity contribution < 1.29 is 19.1 Å². The van der Waals surface area contributed by atoms with E-state index in [1.807, 2.05) is 11.2 Å². The molecular weight excluding hydrogens is 667 g/mol. The van der Waals surface area contributed by atoms with Gasteiger partial charge < -0.3 is 29.3 Å². The van der Waals surface area contributed by atoms with E-state index in [4.69, 9.17) is 14.7 Å². The molecule has 1 N–H and O–H groups in total. The van der Waals surface area contributed by atoms with Gasteiger partial charge in [-0.25, -0.2) is 9.97 Å². The summed E-state index contributed by atoms with van der Waals surface area (Å²) in [5, 5.41) is 3.69. The van der Waals surface area contributed by atoms with Crippen molar-refractivity contribution in [3.63, 3.8) is 0 Å². The topological polar surface area (TPSA) is 113 Å². The second kappa shape index (κ2) is 13.7. The summed E-state index contributed by atoms with van der Waals surface area (Å²) in [7, 11) is 1.44. The van der Waals surface area contributed by atoms with Gasteiger partial charge in [-0.15, -0.1) is 0 Å². The number of anilines is 2. The molecule has 0 atom stereocenters. The lowest BCUT2D eigenvalue weighted by atomic mass is 9.73. The largest absolute Gasteiger partial charge is 0.469 e. The summed E-state index contributed by atoms with van der Waals surface area (Å²) < 4.78 is 7.16. The van der Waals surface area contributed by atoms with Crippen LogP contribution in [-0.2, 0) is 24.5 Å². The van der Waals surface area contributed by atoms with Crippen molar-refractivity contribution in [1.29, 1.82) is 0 Å². The highest BCUT2D eigenvalue weighted by Crippen LogP contribution is 2.52. The van der Waals surface area contributed by atoms with E-state index < -0.39 is 5.41 Å². The molecule has 3 aliphatic carbocycles. The Morgan fingerprint density at radius 3 is 2.30 bits per heavy atom. The highest BCUT2D eigenvalue weighted by Gasteiger charge is 2.56. The second-order valence-corrected chi connectivity index (χ2v) is 17.1. The fraction of sp³-hybridized carbons (Fsp3) is 0.643. The number of hydrogen-bond donors (Lipinski definition) is 1. The molecule has 53 heavy (non-hydrogen) atoms. The molecule has 11 nitrogen and oxygen atoms in total. The first-order valence-corrected chi connectivity index (χ1v) is 20.5. The van der Waals surface area contributed by atoms with E-state index in [-0.39, 0.29) is 41.7 Å². The average Bonchev–Trinajstić information content (AvgIpc) is 3.83. The van der Waals surface area contributed by atoms with Crippen LogP contribution in [0.5, 0.6) is 0 Å². The van der Waals surface area contributed by atoms with E-state index in [0.29, 0.717) is 63.7 Å². The van der Waals surface area contributed by atoms with Crippen LogP contribution in [-0.4, -0.2) is 93.5 Å². The first-order valence-electron chi connectivity index (χ1n) is 20.5. The maximum atomic E-state index is 15.0. The lowest BCUT2D eigenvalue weighted by molar-refractivity contribution is -0.149. The van der Waals surface area contributed by atoms with Crippen molar-refractivity contribution in [3.8, 4) is 11.3 Å². The number of esters is 1. The third-order valence-corrected chi connectivity index (χ3v) is 13.6. The number of imidazole rings is 1. The smallest absolute Gasteiger partial charge is 0.308 e. The summed E-state index contributed by atoms with van der Waals surface area (Å²) in [6.07, 6.45) is 14.2. The van der Waals surface area contributed by atoms with E-state index >= 15 is 0 Å². The summed E-state index contributed by atoms with van der Waals surface area (Å²) in [5.41, 5.74) is 5.35. The molecule has 3 aliphatic heterocycles. The van der Waals surface area contributed by atoms with Gasteiger partial charge in [0.05, 0.1) is 36.0 Å². The van der Waals surface area contributed by atoms with Crippen LogP contribution in [0.2, 0.25) is 0 Å². The Kier molecular flexibility index (Phi) is 8.98. The molecule has 1 spiro atoms. The number of piperidine rings is 2. The maximum absolute atomic E-state index is 15.0. The molecule has 282 valence electrons. The predicted octanol–water partition coefficient (Wildman–Crippen LogP) is 6.46. The van der Waals surface area contributed by atoms with Crippen LogP contribution in [0.15, 0.2) is 30.6 Å². The maximum Gasteiger partial charge on any atom is 0.308 e. The van der Waals surface area contributed by atoms with Crippen molar-refractivity contribution in [2.75, 3.05) is 43.5 Å². The Bertz CT molecular complexity index is 1890. The fourth-order valence-corrected chi connectivity index (χ4v) is 10.2. The molecule has 2 aromatic heterocycles. The van der Waals surface area contributed by atoms with Crippen molar-refractivity contribution in [2.45, 2.75) is 127 Å². The highest BCUT2D eigenvalue weighted by atomic mass is 16.5. The number of likely N-dealkylation sites (tertiary alicyclic amines) is 2. The number of amides is 2. The fourth-order valence-electron chi connectivity index (χ4n) is 10.2. The number of benzene rings is 1. The van der Waals surface area contributed by atoms with Gasteiger partial charge in [0.1, 0.15) is 5.52 Å². The molecule has 2 amide bonds. The van der Waals surface area contributed by atoms with Crippen molar-refractivity contribution in [2.24, 2.45) is 11.8 Å². The van der Waals surface area contributed by atoms with Crippen LogP contribution in [0.4, 0.5) is 11.5 Å². The molecule has 11 heteroatoms. The number of nitrogens with one attached hydrogen (secondary N) is 1. The van der Waals surface area contributed by atoms with Gasteiger partial charge in [0, 0.05) is 54.4 Å². The van der Waals surface area contributed by atoms with Gasteiger partial charge >= 0.3 is 5.97 Å². The van der Waals surface area contributed by atoms with Crippen LogP contribution in [0.1, 0.15) is 109 Å². The molecule has 0 radical (unpaired) electrons. The number of carbonyl (C=O) groups is 3. The van der Waals surface area contributed by atoms with Gasteiger partial charge in [-0.05, 0) is 122 Å². The number of hydrogen-bond acceptors (Lipinski definition) is 8. The summed E-state index contributed by atoms with van der Waals surface area (Å²) in [5.74, 6) is 0.954. The molecule has 0 bridgehead atoms. The van der Waals surface area contributed by atoms with Gasteiger partial charge in [0.25, 0.3) is 0 Å². The van der Waals surface area contributed by atoms with E-state index in [9.17, 15) is 14.4 Å². The summed E-state index contributed by atoms with van der Waals surface area (Å²) in [6, 6.07) is 10.1. The van der Waals surface area contributed by atoms with E-state index in [0.717, 1.165) is 65.0 Å². The average molecular weight is 722 g/mol. The lowest BCUT2D eigenvalue weighted by Gasteiger charge is -2.48. The summed E-state index contributed by atoms with van der Waals surface area (Å²) in [6.45, 7) is 7.83. The first-order chi connectivity index (χ1) is 25.7. The Labute approximate surface area is 312 Å². The van der Waals surface area contributed by atoms with Gasteiger partial charge in [-0.3, -0.25) is 14.4 Å². The van der Waals surface area contributed by atoms with Crippen LogP contribution in [0.3, 0.4) is 0 Å². The number of fused-ring (bicyclic) bond motifs is 3. The molecule has 9 rings (SSSR count). The number of methoxy groups -OCH3 is 1. The number of aromatic nitrogens is 3. The minimum Gasteiger partial charge on any atom is -0.469 e. The van der Waals surface area contributed by atoms with Gasteiger partial charge in [0.2, 0.25) is 11.8 Å². The lowest BCUT2D eigenvalue weighted by Crippen LogP contribution is -2.58. The van der Waals surface area contributed by atoms with Crippen LogP contribution in [0, 0.1) is 11.8 Å². The summed E-state index contributed by atoms with van der Waals surface area (Å²) >= 11 is 0. The number of rotatable bonds is 8. The molecular formula is C42H55N7O4. The number of carbonyl (C=O) groups excluding carboxylic acids is 3. The molecule has 2 saturated heterocycles. The summed E-state index contributed by atoms with van der Waals surface area (Å²) in [4.78, 5) is 57.7. The minimum absolute atomic E-state index is 0.0617. The molecule has 3 saturated carbocycles. The van der Waals surface area contributed by atoms with E-state index in [2.05, 4.69) is 57.8 Å². The molecule has 5 fully saturated rings. The number of pyridine rings is 1. The third-order valence-electron chi connectivity index (χ3n) is 13.6. The predicted molar refractivity (Wildman–Crippen MR) is 205 cm³/mol. The molecule has 6 aliphatic rings. The van der Waals surface area contributed by atoms with E-state index in [1.54, 1.807) is 0 Å². The third kappa shape index (κ3) is 6.11. The Morgan fingerprint density at radius 2 is 1.62 bits per heavy atom. The van der Waals surface area contributed by atoms with Crippen molar-refractivity contribution >= 4 is 40.3 Å². The Hall–Kier alpha value is -3.99. The zero-order valence-electron chi connectivity index (χ0n) is 31.7. The van der Waals surface area contributed by atoms with Crippen LogP contribution >= 0.6 is 0 Å². The quantitative estimate of drug-likeness (QED) is 0.264. The molecule has 5 heterocycles.